The molecule has 4 heteroatoms. The van der Waals surface area contributed by atoms with Crippen molar-refractivity contribution in [3.8, 4) is 0 Å². The van der Waals surface area contributed by atoms with Gasteiger partial charge >= 0.3 is 0 Å². The van der Waals surface area contributed by atoms with Crippen LogP contribution in [0.15, 0.2) is 30.3 Å². The minimum atomic E-state index is -0.0562. The van der Waals surface area contributed by atoms with E-state index in [0.717, 1.165) is 24.7 Å². The van der Waals surface area contributed by atoms with Gasteiger partial charge in [-0.2, -0.15) is 0 Å². The maximum Gasteiger partial charge on any atom is 0.244 e. The highest BCUT2D eigenvalue weighted by Gasteiger charge is 2.27. The molecule has 0 radical (unpaired) electrons. The van der Waals surface area contributed by atoms with Crippen LogP contribution in [0.5, 0.6) is 0 Å². The van der Waals surface area contributed by atoms with Crippen LogP contribution in [0.1, 0.15) is 25.3 Å². The number of nitrogens with one attached hydrogen (secondary N) is 1. The summed E-state index contributed by atoms with van der Waals surface area (Å²) in [5.74, 6) is -0.0562. The van der Waals surface area contributed by atoms with Gasteiger partial charge in [0.05, 0.1) is 0 Å². The van der Waals surface area contributed by atoms with E-state index in [-0.39, 0.29) is 5.91 Å². The summed E-state index contributed by atoms with van der Waals surface area (Å²) in [4.78, 5) is 14.1. The van der Waals surface area contributed by atoms with Crippen LogP contribution in [0, 0.1) is 0 Å². The fourth-order valence-electron chi connectivity index (χ4n) is 2.25. The van der Waals surface area contributed by atoms with E-state index < -0.39 is 0 Å². The molecule has 108 valence electrons. The van der Waals surface area contributed by atoms with E-state index in [9.17, 15) is 4.79 Å². The molecule has 1 aromatic rings. The molecule has 3 N–H and O–H groups in total. The van der Waals surface area contributed by atoms with Crippen molar-refractivity contribution in [1.29, 1.82) is 0 Å². The lowest BCUT2D eigenvalue weighted by Gasteiger charge is -2.19. The summed E-state index contributed by atoms with van der Waals surface area (Å²) in [5, 5.41) is 2.92. The lowest BCUT2D eigenvalue weighted by Crippen LogP contribution is -2.35. The SMILES string of the molecule is CCN(CCNC(=O)/C=C/c1cccc(N)c1)C1CC1. The quantitative estimate of drug-likeness (QED) is 0.589. The van der Waals surface area contributed by atoms with E-state index in [2.05, 4.69) is 17.1 Å². The molecule has 1 aliphatic carbocycles. The Morgan fingerprint density at radius 2 is 2.30 bits per heavy atom. The van der Waals surface area contributed by atoms with Crippen molar-refractivity contribution in [2.24, 2.45) is 0 Å². The fourth-order valence-corrected chi connectivity index (χ4v) is 2.25. The van der Waals surface area contributed by atoms with E-state index in [4.69, 9.17) is 5.73 Å². The van der Waals surface area contributed by atoms with Gasteiger partial charge in [0.2, 0.25) is 5.91 Å². The van der Waals surface area contributed by atoms with Gasteiger partial charge in [-0.15, -0.1) is 0 Å². The smallest absolute Gasteiger partial charge is 0.244 e. The van der Waals surface area contributed by atoms with Gasteiger partial charge in [-0.05, 0) is 43.2 Å². The molecule has 0 spiro atoms. The number of rotatable bonds is 7. The second-order valence-corrected chi connectivity index (χ2v) is 5.15. The third kappa shape index (κ3) is 4.70. The van der Waals surface area contributed by atoms with Gasteiger partial charge in [0.1, 0.15) is 0 Å². The summed E-state index contributed by atoms with van der Waals surface area (Å²) >= 11 is 0. The molecule has 1 fully saturated rings. The van der Waals surface area contributed by atoms with Gasteiger partial charge in [-0.3, -0.25) is 9.69 Å². The van der Waals surface area contributed by atoms with Gasteiger partial charge in [0.15, 0.2) is 0 Å². The monoisotopic (exact) mass is 273 g/mol. The maximum atomic E-state index is 11.7. The Balaban J connectivity index is 1.72. The van der Waals surface area contributed by atoms with Crippen molar-refractivity contribution in [2.75, 3.05) is 25.4 Å². The summed E-state index contributed by atoms with van der Waals surface area (Å²) in [6.07, 6.45) is 5.95. The third-order valence-electron chi connectivity index (χ3n) is 3.51. The number of benzene rings is 1. The van der Waals surface area contributed by atoms with Crippen molar-refractivity contribution in [3.63, 3.8) is 0 Å². The number of carbonyl (C=O) groups is 1. The summed E-state index contributed by atoms with van der Waals surface area (Å²) in [6, 6.07) is 8.22. The first kappa shape index (κ1) is 14.6. The highest BCUT2D eigenvalue weighted by molar-refractivity contribution is 5.91. The number of nitrogens with two attached hydrogens (primary N) is 1. The van der Waals surface area contributed by atoms with Crippen molar-refractivity contribution < 1.29 is 4.79 Å². The molecule has 1 aromatic carbocycles. The molecule has 4 nitrogen and oxygen atoms in total. The fraction of sp³-hybridized carbons (Fsp3) is 0.438. The molecule has 2 rings (SSSR count). The molecule has 0 bridgehead atoms. The largest absolute Gasteiger partial charge is 0.399 e. The molecule has 0 saturated heterocycles. The molecule has 1 saturated carbocycles. The molecule has 0 atom stereocenters. The van der Waals surface area contributed by atoms with Crippen LogP contribution in [0.25, 0.3) is 6.08 Å². The van der Waals surface area contributed by atoms with E-state index in [1.807, 2.05) is 24.3 Å². The number of anilines is 1. The molecule has 0 aliphatic heterocycles. The lowest BCUT2D eigenvalue weighted by atomic mass is 10.2. The predicted molar refractivity (Wildman–Crippen MR) is 83.2 cm³/mol. The molecule has 1 amide bonds. The second kappa shape index (κ2) is 7.10. The molecule has 1 aliphatic rings. The number of likely N-dealkylation sites (N-methyl/N-ethyl adjacent to an activating group) is 1. The van der Waals surface area contributed by atoms with Crippen LogP contribution in [-0.2, 0) is 4.79 Å². The normalized spacial score (nSPS) is 14.9. The third-order valence-corrected chi connectivity index (χ3v) is 3.51. The van der Waals surface area contributed by atoms with E-state index >= 15 is 0 Å². The van der Waals surface area contributed by atoms with E-state index in [0.29, 0.717) is 12.2 Å². The minimum absolute atomic E-state index is 0.0562. The van der Waals surface area contributed by atoms with Gasteiger partial charge < -0.3 is 11.1 Å². The van der Waals surface area contributed by atoms with E-state index in [1.165, 1.54) is 12.8 Å². The Hall–Kier alpha value is -1.81. The topological polar surface area (TPSA) is 58.4 Å². The van der Waals surface area contributed by atoms with Crippen LogP contribution >= 0.6 is 0 Å². The van der Waals surface area contributed by atoms with Crippen molar-refractivity contribution in [3.05, 3.63) is 35.9 Å². The zero-order valence-electron chi connectivity index (χ0n) is 12.0. The molecule has 0 heterocycles. The second-order valence-electron chi connectivity index (χ2n) is 5.15. The Morgan fingerprint density at radius 1 is 1.50 bits per heavy atom. The van der Waals surface area contributed by atoms with Crippen molar-refractivity contribution in [1.82, 2.24) is 10.2 Å². The number of hydrogen-bond donors (Lipinski definition) is 2. The van der Waals surface area contributed by atoms with Crippen molar-refractivity contribution in [2.45, 2.75) is 25.8 Å². The Labute approximate surface area is 120 Å². The zero-order valence-corrected chi connectivity index (χ0v) is 12.0. The lowest BCUT2D eigenvalue weighted by molar-refractivity contribution is -0.116. The van der Waals surface area contributed by atoms with Gasteiger partial charge in [0, 0.05) is 30.9 Å². The average Bonchev–Trinajstić information content (AvgIpc) is 3.26. The maximum absolute atomic E-state index is 11.7. The highest BCUT2D eigenvalue weighted by Crippen LogP contribution is 2.25. The standard InChI is InChI=1S/C16H23N3O/c1-2-19(15-7-8-15)11-10-18-16(20)9-6-13-4-3-5-14(17)12-13/h3-6,9,12,15H,2,7-8,10-11,17H2,1H3,(H,18,20)/b9-6+. The van der Waals surface area contributed by atoms with Crippen LogP contribution in [0.4, 0.5) is 5.69 Å². The molecule has 0 aromatic heterocycles. The first-order chi connectivity index (χ1) is 9.69. The summed E-state index contributed by atoms with van der Waals surface area (Å²) in [6.45, 7) is 4.85. The van der Waals surface area contributed by atoms with Gasteiger partial charge in [-0.25, -0.2) is 0 Å². The number of carbonyl (C=O) groups excluding carboxylic acids is 1. The Kier molecular flexibility index (Phi) is 5.18. The van der Waals surface area contributed by atoms with Crippen LogP contribution in [0.3, 0.4) is 0 Å². The zero-order chi connectivity index (χ0) is 14.4. The van der Waals surface area contributed by atoms with Crippen LogP contribution in [-0.4, -0.2) is 36.5 Å². The molecular formula is C16H23N3O. The minimum Gasteiger partial charge on any atom is -0.399 e. The first-order valence-corrected chi connectivity index (χ1v) is 7.24. The Bertz CT molecular complexity index is 480. The molecule has 20 heavy (non-hydrogen) atoms. The number of nitrogens with zero attached hydrogens (tertiary/aromatic N) is 1. The van der Waals surface area contributed by atoms with Crippen LogP contribution in [0.2, 0.25) is 0 Å². The van der Waals surface area contributed by atoms with Crippen molar-refractivity contribution >= 4 is 17.7 Å². The highest BCUT2D eigenvalue weighted by atomic mass is 16.1. The van der Waals surface area contributed by atoms with Gasteiger partial charge in [0.25, 0.3) is 0 Å². The number of nitrogen functional groups attached to an aromatic ring is 1. The average molecular weight is 273 g/mol. The summed E-state index contributed by atoms with van der Waals surface area (Å²) in [7, 11) is 0. The molecule has 0 unspecified atom stereocenters. The summed E-state index contributed by atoms with van der Waals surface area (Å²) in [5.41, 5.74) is 7.33. The Morgan fingerprint density at radius 3 is 2.95 bits per heavy atom. The summed E-state index contributed by atoms with van der Waals surface area (Å²) < 4.78 is 0. The van der Waals surface area contributed by atoms with Crippen LogP contribution < -0.4 is 11.1 Å². The van der Waals surface area contributed by atoms with E-state index in [1.54, 1.807) is 12.2 Å². The first-order valence-electron chi connectivity index (χ1n) is 7.24. The number of hydrogen-bond acceptors (Lipinski definition) is 3. The molecular weight excluding hydrogens is 250 g/mol. The predicted octanol–water partition coefficient (Wildman–Crippen LogP) is 1.88. The number of amides is 1. The van der Waals surface area contributed by atoms with Gasteiger partial charge in [-0.1, -0.05) is 19.1 Å².